The van der Waals surface area contributed by atoms with Gasteiger partial charge in [-0.15, -0.1) is 0 Å². The molecule has 1 N–H and O–H groups in total. The second kappa shape index (κ2) is 10.4. The number of carbonyl (C=O) groups excluding carboxylic acids is 2. The van der Waals surface area contributed by atoms with E-state index in [1.165, 1.54) is 0 Å². The van der Waals surface area contributed by atoms with E-state index in [2.05, 4.69) is 5.32 Å². The maximum Gasteiger partial charge on any atom is 0.307 e. The first-order valence-corrected chi connectivity index (χ1v) is 10.2. The van der Waals surface area contributed by atoms with E-state index in [1.54, 1.807) is 25.3 Å². The van der Waals surface area contributed by atoms with E-state index in [0.717, 1.165) is 11.1 Å². The minimum Gasteiger partial charge on any atom is -0.495 e. The van der Waals surface area contributed by atoms with Crippen LogP contribution in [0.15, 0.2) is 78.9 Å². The van der Waals surface area contributed by atoms with Crippen LogP contribution in [0.3, 0.4) is 0 Å². The SMILES string of the molecule is COc1ccc(C)cc1NC(=O)[C@H](OC(=O)C[C@H](C)c1ccccc1)c1ccccc1. The van der Waals surface area contributed by atoms with E-state index in [-0.39, 0.29) is 12.3 Å². The summed E-state index contributed by atoms with van der Waals surface area (Å²) in [5.74, 6) is -0.354. The fraction of sp³-hybridized carbons (Fsp3) is 0.231. The summed E-state index contributed by atoms with van der Waals surface area (Å²) in [5.41, 5.74) is 3.15. The molecule has 1 amide bonds. The first-order chi connectivity index (χ1) is 15.0. The molecule has 0 saturated heterocycles. The van der Waals surface area contributed by atoms with Crippen molar-refractivity contribution in [2.24, 2.45) is 0 Å². The largest absolute Gasteiger partial charge is 0.495 e. The molecule has 3 aromatic carbocycles. The standard InChI is InChI=1S/C26H27NO4/c1-18-14-15-23(30-3)22(16-18)27-26(29)25(21-12-8-5-9-13-21)31-24(28)17-19(2)20-10-6-4-7-11-20/h4-16,19,25H,17H2,1-3H3,(H,27,29)/t19-,25+/m0/s1. The Morgan fingerprint density at radius 2 is 1.52 bits per heavy atom. The van der Waals surface area contributed by atoms with Crippen LogP contribution in [0.2, 0.25) is 0 Å². The number of anilines is 1. The van der Waals surface area contributed by atoms with Gasteiger partial charge in [-0.3, -0.25) is 9.59 Å². The minimum atomic E-state index is -1.07. The first kappa shape index (κ1) is 22.1. The number of methoxy groups -OCH3 is 1. The molecule has 3 aromatic rings. The van der Waals surface area contributed by atoms with Crippen molar-refractivity contribution < 1.29 is 19.1 Å². The Labute approximate surface area is 183 Å². The summed E-state index contributed by atoms with van der Waals surface area (Å²) in [6, 6.07) is 24.3. The predicted molar refractivity (Wildman–Crippen MR) is 121 cm³/mol. The third-order valence-electron chi connectivity index (χ3n) is 5.04. The van der Waals surface area contributed by atoms with Crippen LogP contribution < -0.4 is 10.1 Å². The first-order valence-electron chi connectivity index (χ1n) is 10.2. The van der Waals surface area contributed by atoms with Gasteiger partial charge in [0.15, 0.2) is 0 Å². The van der Waals surface area contributed by atoms with E-state index in [0.29, 0.717) is 17.0 Å². The second-order valence-electron chi connectivity index (χ2n) is 7.49. The van der Waals surface area contributed by atoms with Crippen LogP contribution in [0, 0.1) is 6.92 Å². The van der Waals surface area contributed by atoms with Crippen molar-refractivity contribution in [2.45, 2.75) is 32.3 Å². The van der Waals surface area contributed by atoms with Crippen molar-refractivity contribution >= 4 is 17.6 Å². The predicted octanol–water partition coefficient (Wildman–Crippen LogP) is 5.42. The second-order valence-corrected chi connectivity index (χ2v) is 7.49. The summed E-state index contributed by atoms with van der Waals surface area (Å²) in [6.07, 6.45) is -0.893. The van der Waals surface area contributed by atoms with Crippen molar-refractivity contribution in [3.8, 4) is 5.75 Å². The summed E-state index contributed by atoms with van der Waals surface area (Å²) < 4.78 is 11.0. The molecular formula is C26H27NO4. The van der Waals surface area contributed by atoms with E-state index < -0.39 is 18.0 Å². The van der Waals surface area contributed by atoms with Gasteiger partial charge in [-0.2, -0.15) is 0 Å². The lowest BCUT2D eigenvalue weighted by molar-refractivity contribution is -0.155. The summed E-state index contributed by atoms with van der Waals surface area (Å²) in [4.78, 5) is 25.9. The number of rotatable bonds is 8. The normalized spacial score (nSPS) is 12.5. The van der Waals surface area contributed by atoms with Gasteiger partial charge >= 0.3 is 5.97 Å². The zero-order valence-corrected chi connectivity index (χ0v) is 18.0. The van der Waals surface area contributed by atoms with E-state index in [9.17, 15) is 9.59 Å². The molecule has 160 valence electrons. The van der Waals surface area contributed by atoms with Crippen LogP contribution in [-0.4, -0.2) is 19.0 Å². The van der Waals surface area contributed by atoms with Crippen molar-refractivity contribution in [3.05, 3.63) is 95.6 Å². The lowest BCUT2D eigenvalue weighted by Gasteiger charge is -2.20. The fourth-order valence-electron chi connectivity index (χ4n) is 3.35. The van der Waals surface area contributed by atoms with E-state index in [1.807, 2.05) is 74.5 Å². The number of ether oxygens (including phenoxy) is 2. The molecule has 0 fully saturated rings. The summed E-state index contributed by atoms with van der Waals surface area (Å²) in [6.45, 7) is 3.89. The monoisotopic (exact) mass is 417 g/mol. The Bertz CT molecular complexity index is 1020. The minimum absolute atomic E-state index is 0.0231. The zero-order valence-electron chi connectivity index (χ0n) is 18.0. The molecular weight excluding hydrogens is 390 g/mol. The van der Waals surface area contributed by atoms with Crippen LogP contribution in [0.1, 0.15) is 42.1 Å². The van der Waals surface area contributed by atoms with Crippen molar-refractivity contribution in [2.75, 3.05) is 12.4 Å². The molecule has 0 aliphatic rings. The highest BCUT2D eigenvalue weighted by Gasteiger charge is 2.26. The molecule has 5 nitrogen and oxygen atoms in total. The molecule has 3 rings (SSSR count). The third kappa shape index (κ3) is 5.95. The number of carbonyl (C=O) groups is 2. The van der Waals surface area contributed by atoms with Gasteiger partial charge in [0.1, 0.15) is 5.75 Å². The van der Waals surface area contributed by atoms with E-state index >= 15 is 0 Å². The average molecular weight is 418 g/mol. The molecule has 2 atom stereocenters. The molecule has 0 radical (unpaired) electrons. The van der Waals surface area contributed by atoms with Crippen LogP contribution in [0.4, 0.5) is 5.69 Å². The molecule has 0 saturated carbocycles. The number of esters is 1. The van der Waals surface area contributed by atoms with Crippen LogP contribution in [0.5, 0.6) is 5.75 Å². The number of amides is 1. The van der Waals surface area contributed by atoms with Crippen LogP contribution >= 0.6 is 0 Å². The molecule has 0 unspecified atom stereocenters. The molecule has 0 aliphatic heterocycles. The summed E-state index contributed by atoms with van der Waals surface area (Å²) >= 11 is 0. The number of aryl methyl sites for hydroxylation is 1. The van der Waals surface area contributed by atoms with Crippen LogP contribution in [0.25, 0.3) is 0 Å². The quantitative estimate of drug-likeness (QED) is 0.497. The fourth-order valence-corrected chi connectivity index (χ4v) is 3.35. The maximum atomic E-state index is 13.1. The van der Waals surface area contributed by atoms with Gasteiger partial charge in [0.2, 0.25) is 6.10 Å². The Morgan fingerprint density at radius 3 is 2.13 bits per heavy atom. The number of hydrogen-bond donors (Lipinski definition) is 1. The molecule has 5 heteroatoms. The maximum absolute atomic E-state index is 13.1. The summed E-state index contributed by atoms with van der Waals surface area (Å²) in [5, 5.41) is 2.85. The number of nitrogens with one attached hydrogen (secondary N) is 1. The van der Waals surface area contributed by atoms with Gasteiger partial charge in [-0.1, -0.05) is 73.7 Å². The number of hydrogen-bond acceptors (Lipinski definition) is 4. The van der Waals surface area contributed by atoms with Gasteiger partial charge < -0.3 is 14.8 Å². The Morgan fingerprint density at radius 1 is 0.903 bits per heavy atom. The zero-order chi connectivity index (χ0) is 22.2. The molecule has 0 heterocycles. The Kier molecular flexibility index (Phi) is 7.44. The van der Waals surface area contributed by atoms with Gasteiger partial charge in [-0.25, -0.2) is 0 Å². The van der Waals surface area contributed by atoms with Crippen molar-refractivity contribution in [3.63, 3.8) is 0 Å². The van der Waals surface area contributed by atoms with Gasteiger partial charge in [0, 0.05) is 5.56 Å². The Balaban J connectivity index is 1.78. The van der Waals surface area contributed by atoms with Crippen molar-refractivity contribution in [1.82, 2.24) is 0 Å². The Hall–Kier alpha value is -3.60. The van der Waals surface area contributed by atoms with Crippen LogP contribution in [-0.2, 0) is 14.3 Å². The lowest BCUT2D eigenvalue weighted by atomic mass is 9.98. The highest BCUT2D eigenvalue weighted by atomic mass is 16.5. The van der Waals surface area contributed by atoms with E-state index in [4.69, 9.17) is 9.47 Å². The smallest absolute Gasteiger partial charge is 0.307 e. The average Bonchev–Trinajstić information content (AvgIpc) is 2.78. The molecule has 0 aliphatic carbocycles. The lowest BCUT2D eigenvalue weighted by Crippen LogP contribution is -2.26. The summed E-state index contributed by atoms with van der Waals surface area (Å²) in [7, 11) is 1.54. The van der Waals surface area contributed by atoms with Crippen molar-refractivity contribution in [1.29, 1.82) is 0 Å². The molecule has 31 heavy (non-hydrogen) atoms. The topological polar surface area (TPSA) is 64.6 Å². The molecule has 0 aromatic heterocycles. The molecule has 0 spiro atoms. The van der Waals surface area contributed by atoms with Gasteiger partial charge in [0.05, 0.1) is 19.2 Å². The highest BCUT2D eigenvalue weighted by molar-refractivity contribution is 5.97. The highest BCUT2D eigenvalue weighted by Crippen LogP contribution is 2.28. The van der Waals surface area contributed by atoms with Gasteiger partial charge in [0.25, 0.3) is 5.91 Å². The molecule has 0 bridgehead atoms. The third-order valence-corrected chi connectivity index (χ3v) is 5.04. The number of benzene rings is 3. The van der Waals surface area contributed by atoms with Gasteiger partial charge in [-0.05, 0) is 36.1 Å².